The van der Waals surface area contributed by atoms with E-state index in [1.165, 1.54) is 33.5 Å². The number of hydrogen-bond acceptors (Lipinski definition) is 6. The number of esters is 1. The minimum Gasteiger partial charge on any atom is -0.493 e. The molecule has 20 heavy (non-hydrogen) atoms. The Kier molecular flexibility index (Phi) is 5.79. The fraction of sp³-hybridized carbons (Fsp3) is 0.385. The van der Waals surface area contributed by atoms with Crippen molar-refractivity contribution in [2.45, 2.75) is 6.42 Å². The molecule has 0 aliphatic rings. The lowest BCUT2D eigenvalue weighted by Gasteiger charge is -2.14. The molecular formula is C13H18N2O5. The number of nitrogens with one attached hydrogen (secondary N) is 1. The van der Waals surface area contributed by atoms with Gasteiger partial charge in [-0.3, -0.25) is 4.79 Å². The van der Waals surface area contributed by atoms with E-state index in [9.17, 15) is 9.59 Å². The molecule has 110 valence electrons. The SMILES string of the molecule is COC(=O)c1cc(OC)c(OC)cc1NC(=O)CCN. The lowest BCUT2D eigenvalue weighted by Crippen LogP contribution is -2.18. The van der Waals surface area contributed by atoms with Gasteiger partial charge in [-0.1, -0.05) is 0 Å². The molecule has 1 rings (SSSR count). The summed E-state index contributed by atoms with van der Waals surface area (Å²) in [6.45, 7) is 0.215. The fourth-order valence-electron chi connectivity index (χ4n) is 1.61. The third-order valence-corrected chi connectivity index (χ3v) is 2.57. The van der Waals surface area contributed by atoms with Gasteiger partial charge in [0.2, 0.25) is 5.91 Å². The van der Waals surface area contributed by atoms with Crippen molar-refractivity contribution in [3.05, 3.63) is 17.7 Å². The first-order chi connectivity index (χ1) is 9.57. The van der Waals surface area contributed by atoms with Crippen LogP contribution in [0.3, 0.4) is 0 Å². The van der Waals surface area contributed by atoms with Crippen LogP contribution >= 0.6 is 0 Å². The van der Waals surface area contributed by atoms with E-state index >= 15 is 0 Å². The molecule has 0 heterocycles. The van der Waals surface area contributed by atoms with Crippen molar-refractivity contribution in [3.63, 3.8) is 0 Å². The summed E-state index contributed by atoms with van der Waals surface area (Å²) in [5, 5.41) is 2.60. The van der Waals surface area contributed by atoms with Crippen molar-refractivity contribution in [3.8, 4) is 11.5 Å². The molecular weight excluding hydrogens is 264 g/mol. The minimum absolute atomic E-state index is 0.148. The molecule has 1 aromatic rings. The Balaban J connectivity index is 3.23. The summed E-state index contributed by atoms with van der Waals surface area (Å²) in [5.41, 5.74) is 5.77. The van der Waals surface area contributed by atoms with Gasteiger partial charge in [0.1, 0.15) is 0 Å². The van der Waals surface area contributed by atoms with E-state index in [1.807, 2.05) is 0 Å². The van der Waals surface area contributed by atoms with Crippen LogP contribution in [0.1, 0.15) is 16.8 Å². The van der Waals surface area contributed by atoms with Gasteiger partial charge in [0, 0.05) is 25.1 Å². The molecule has 0 bridgehead atoms. The van der Waals surface area contributed by atoms with Crippen LogP contribution in [-0.4, -0.2) is 39.8 Å². The van der Waals surface area contributed by atoms with E-state index < -0.39 is 5.97 Å². The summed E-state index contributed by atoms with van der Waals surface area (Å²) in [5.74, 6) is -0.133. The maximum absolute atomic E-state index is 11.7. The molecule has 0 spiro atoms. The molecule has 0 atom stereocenters. The summed E-state index contributed by atoms with van der Waals surface area (Å²) in [6.07, 6.45) is 0.148. The van der Waals surface area contributed by atoms with E-state index in [2.05, 4.69) is 10.1 Å². The van der Waals surface area contributed by atoms with Crippen LogP contribution in [0.25, 0.3) is 0 Å². The Bertz CT molecular complexity index is 502. The smallest absolute Gasteiger partial charge is 0.340 e. The van der Waals surface area contributed by atoms with E-state index in [1.54, 1.807) is 0 Å². The summed E-state index contributed by atoms with van der Waals surface area (Å²) in [7, 11) is 4.16. The molecule has 1 amide bonds. The molecule has 7 nitrogen and oxygen atoms in total. The number of carbonyl (C=O) groups excluding carboxylic acids is 2. The second kappa shape index (κ2) is 7.34. The molecule has 3 N–H and O–H groups in total. The van der Waals surface area contributed by atoms with E-state index in [-0.39, 0.29) is 30.1 Å². The van der Waals surface area contributed by atoms with Crippen molar-refractivity contribution in [1.82, 2.24) is 0 Å². The highest BCUT2D eigenvalue weighted by atomic mass is 16.5. The number of rotatable bonds is 6. The zero-order valence-electron chi connectivity index (χ0n) is 11.7. The maximum Gasteiger partial charge on any atom is 0.340 e. The van der Waals surface area contributed by atoms with E-state index in [0.29, 0.717) is 11.5 Å². The topological polar surface area (TPSA) is 99.9 Å². The average Bonchev–Trinajstić information content (AvgIpc) is 2.46. The highest BCUT2D eigenvalue weighted by Gasteiger charge is 2.18. The van der Waals surface area contributed by atoms with Gasteiger partial charge in [0.05, 0.1) is 32.6 Å². The van der Waals surface area contributed by atoms with Crippen LogP contribution in [0.5, 0.6) is 11.5 Å². The van der Waals surface area contributed by atoms with E-state index in [0.717, 1.165) is 0 Å². The molecule has 0 aromatic heterocycles. The quantitative estimate of drug-likeness (QED) is 0.748. The summed E-state index contributed by atoms with van der Waals surface area (Å²) >= 11 is 0. The Labute approximate surface area is 117 Å². The van der Waals surface area contributed by atoms with Gasteiger partial charge in [0.25, 0.3) is 0 Å². The molecule has 0 radical (unpaired) electrons. The number of methoxy groups -OCH3 is 3. The second-order valence-electron chi connectivity index (χ2n) is 3.83. The molecule has 1 aromatic carbocycles. The summed E-state index contributed by atoms with van der Waals surface area (Å²) in [6, 6.07) is 2.95. The first kappa shape index (κ1) is 15.8. The predicted molar refractivity (Wildman–Crippen MR) is 73.2 cm³/mol. The number of carbonyl (C=O) groups is 2. The number of hydrogen-bond donors (Lipinski definition) is 2. The Hall–Kier alpha value is -2.28. The Morgan fingerprint density at radius 1 is 1.15 bits per heavy atom. The van der Waals surface area contributed by atoms with Crippen molar-refractivity contribution in [1.29, 1.82) is 0 Å². The number of benzene rings is 1. The third kappa shape index (κ3) is 3.61. The zero-order valence-corrected chi connectivity index (χ0v) is 11.7. The van der Waals surface area contributed by atoms with Gasteiger partial charge in [-0.2, -0.15) is 0 Å². The van der Waals surface area contributed by atoms with Crippen LogP contribution in [0.4, 0.5) is 5.69 Å². The monoisotopic (exact) mass is 282 g/mol. The fourth-order valence-corrected chi connectivity index (χ4v) is 1.61. The van der Waals surface area contributed by atoms with Gasteiger partial charge < -0.3 is 25.3 Å². The molecule has 0 aliphatic carbocycles. The van der Waals surface area contributed by atoms with Gasteiger partial charge in [-0.15, -0.1) is 0 Å². The summed E-state index contributed by atoms with van der Waals surface area (Å²) < 4.78 is 14.9. The number of amides is 1. The van der Waals surface area contributed by atoms with Gasteiger partial charge in [-0.25, -0.2) is 4.79 Å². The maximum atomic E-state index is 11.7. The largest absolute Gasteiger partial charge is 0.493 e. The highest BCUT2D eigenvalue weighted by molar-refractivity contribution is 6.02. The van der Waals surface area contributed by atoms with E-state index in [4.69, 9.17) is 15.2 Å². The minimum atomic E-state index is -0.589. The zero-order chi connectivity index (χ0) is 15.1. The molecule has 0 fully saturated rings. The van der Waals surface area contributed by atoms with Crippen LogP contribution in [-0.2, 0) is 9.53 Å². The normalized spacial score (nSPS) is 9.80. The predicted octanol–water partition coefficient (Wildman–Crippen LogP) is 0.778. The molecule has 0 saturated heterocycles. The van der Waals surface area contributed by atoms with Gasteiger partial charge >= 0.3 is 5.97 Å². The number of anilines is 1. The van der Waals surface area contributed by atoms with Crippen molar-refractivity contribution in [2.24, 2.45) is 5.73 Å². The highest BCUT2D eigenvalue weighted by Crippen LogP contribution is 2.33. The van der Waals surface area contributed by atoms with Crippen molar-refractivity contribution >= 4 is 17.6 Å². The van der Waals surface area contributed by atoms with Gasteiger partial charge in [-0.05, 0) is 0 Å². The molecule has 7 heteroatoms. The number of ether oxygens (including phenoxy) is 3. The van der Waals surface area contributed by atoms with Crippen molar-refractivity contribution in [2.75, 3.05) is 33.2 Å². The lowest BCUT2D eigenvalue weighted by molar-refractivity contribution is -0.116. The standard InChI is InChI=1S/C13H18N2O5/c1-18-10-6-8(13(17)20-3)9(7-11(10)19-2)15-12(16)4-5-14/h6-7H,4-5,14H2,1-3H3,(H,15,16). The summed E-state index contributed by atoms with van der Waals surface area (Å²) in [4.78, 5) is 23.4. The van der Waals surface area contributed by atoms with Crippen LogP contribution < -0.4 is 20.5 Å². The number of nitrogens with two attached hydrogens (primary N) is 1. The average molecular weight is 282 g/mol. The lowest BCUT2D eigenvalue weighted by atomic mass is 10.1. The van der Waals surface area contributed by atoms with Crippen molar-refractivity contribution < 1.29 is 23.8 Å². The van der Waals surface area contributed by atoms with Gasteiger partial charge in [0.15, 0.2) is 11.5 Å². The van der Waals surface area contributed by atoms with Crippen LogP contribution in [0.2, 0.25) is 0 Å². The first-order valence-electron chi connectivity index (χ1n) is 5.91. The second-order valence-corrected chi connectivity index (χ2v) is 3.83. The third-order valence-electron chi connectivity index (χ3n) is 2.57. The molecule has 0 saturated carbocycles. The van der Waals surface area contributed by atoms with Crippen LogP contribution in [0, 0.1) is 0 Å². The van der Waals surface area contributed by atoms with Crippen LogP contribution in [0.15, 0.2) is 12.1 Å². The Morgan fingerprint density at radius 2 is 1.75 bits per heavy atom. The molecule has 0 aliphatic heterocycles. The Morgan fingerprint density at radius 3 is 2.25 bits per heavy atom. The molecule has 0 unspecified atom stereocenters. The first-order valence-corrected chi connectivity index (χ1v) is 5.91.